The molecular weight excluding hydrogens is 264 g/mol. The number of halogens is 1. The summed E-state index contributed by atoms with van der Waals surface area (Å²) in [7, 11) is 1.55. The van der Waals surface area contributed by atoms with E-state index >= 15 is 0 Å². The summed E-state index contributed by atoms with van der Waals surface area (Å²) in [6, 6.07) is 7.19. The third-order valence-electron chi connectivity index (χ3n) is 3.53. The average molecular weight is 279 g/mol. The smallest absolute Gasteiger partial charge is 0.244 e. The second-order valence-electron chi connectivity index (χ2n) is 4.70. The van der Waals surface area contributed by atoms with E-state index in [0.29, 0.717) is 29.3 Å². The minimum Gasteiger partial charge on any atom is -0.497 e. The SMILES string of the molecule is COc1ccc(NC(=O)C2(C#N)CCCC2)c(Cl)c1. The summed E-state index contributed by atoms with van der Waals surface area (Å²) in [6.45, 7) is 0. The van der Waals surface area contributed by atoms with Crippen molar-refractivity contribution in [2.45, 2.75) is 25.7 Å². The zero-order valence-corrected chi connectivity index (χ0v) is 11.5. The summed E-state index contributed by atoms with van der Waals surface area (Å²) in [6.07, 6.45) is 3.06. The topological polar surface area (TPSA) is 62.1 Å². The Kier molecular flexibility index (Phi) is 3.96. The van der Waals surface area contributed by atoms with Crippen LogP contribution in [0, 0.1) is 16.7 Å². The molecule has 1 aromatic rings. The number of nitriles is 1. The van der Waals surface area contributed by atoms with E-state index in [4.69, 9.17) is 16.3 Å². The molecule has 1 aliphatic carbocycles. The van der Waals surface area contributed by atoms with Gasteiger partial charge in [-0.25, -0.2) is 0 Å². The minimum absolute atomic E-state index is 0.264. The molecule has 1 aliphatic rings. The number of carbonyl (C=O) groups excluding carboxylic acids is 1. The third-order valence-corrected chi connectivity index (χ3v) is 3.84. The van der Waals surface area contributed by atoms with E-state index in [1.165, 1.54) is 0 Å². The van der Waals surface area contributed by atoms with Gasteiger partial charge >= 0.3 is 0 Å². The number of benzene rings is 1. The van der Waals surface area contributed by atoms with Gasteiger partial charge in [0.1, 0.15) is 11.2 Å². The summed E-state index contributed by atoms with van der Waals surface area (Å²) in [5, 5.41) is 12.4. The number of hydrogen-bond donors (Lipinski definition) is 1. The first-order valence-corrected chi connectivity index (χ1v) is 6.55. The maximum atomic E-state index is 12.3. The molecule has 0 radical (unpaired) electrons. The van der Waals surface area contributed by atoms with Gasteiger partial charge in [0.25, 0.3) is 0 Å². The van der Waals surface area contributed by atoms with Crippen molar-refractivity contribution in [2.75, 3.05) is 12.4 Å². The number of nitrogens with zero attached hydrogens (tertiary/aromatic N) is 1. The summed E-state index contributed by atoms with van der Waals surface area (Å²) in [4.78, 5) is 12.3. The Bertz CT molecular complexity index is 531. The van der Waals surface area contributed by atoms with Crippen molar-refractivity contribution in [1.82, 2.24) is 0 Å². The predicted molar refractivity (Wildman–Crippen MR) is 73.1 cm³/mol. The van der Waals surface area contributed by atoms with E-state index in [2.05, 4.69) is 11.4 Å². The van der Waals surface area contributed by atoms with Crippen LogP contribution >= 0.6 is 11.6 Å². The van der Waals surface area contributed by atoms with Crippen molar-refractivity contribution in [1.29, 1.82) is 5.26 Å². The van der Waals surface area contributed by atoms with Crippen LogP contribution in [0.15, 0.2) is 18.2 Å². The number of amides is 1. The highest BCUT2D eigenvalue weighted by Crippen LogP contribution is 2.39. The highest BCUT2D eigenvalue weighted by atomic mass is 35.5. The predicted octanol–water partition coefficient (Wildman–Crippen LogP) is 3.37. The molecule has 0 aromatic heterocycles. The van der Waals surface area contributed by atoms with Crippen molar-refractivity contribution >= 4 is 23.2 Å². The zero-order valence-electron chi connectivity index (χ0n) is 10.7. The van der Waals surface area contributed by atoms with E-state index in [0.717, 1.165) is 12.8 Å². The number of methoxy groups -OCH3 is 1. The van der Waals surface area contributed by atoms with E-state index in [1.54, 1.807) is 25.3 Å². The fraction of sp³-hybridized carbons (Fsp3) is 0.429. The standard InChI is InChI=1S/C14H15ClN2O2/c1-19-10-4-5-12(11(15)8-10)17-13(18)14(9-16)6-2-3-7-14/h4-5,8H,2-3,6-7H2,1H3,(H,17,18). The minimum atomic E-state index is -0.900. The zero-order chi connectivity index (χ0) is 13.9. The Morgan fingerprint density at radius 2 is 2.16 bits per heavy atom. The molecule has 0 bridgehead atoms. The monoisotopic (exact) mass is 278 g/mol. The fourth-order valence-electron chi connectivity index (χ4n) is 2.33. The van der Waals surface area contributed by atoms with Gasteiger partial charge in [-0.05, 0) is 25.0 Å². The summed E-state index contributed by atoms with van der Waals surface area (Å²) >= 11 is 6.07. The van der Waals surface area contributed by atoms with Crippen molar-refractivity contribution in [2.24, 2.45) is 5.41 Å². The van der Waals surface area contributed by atoms with Crippen LogP contribution < -0.4 is 10.1 Å². The second-order valence-corrected chi connectivity index (χ2v) is 5.11. The molecule has 5 heteroatoms. The summed E-state index contributed by atoms with van der Waals surface area (Å²) < 4.78 is 5.05. The number of ether oxygens (including phenoxy) is 1. The Morgan fingerprint density at radius 3 is 2.68 bits per heavy atom. The van der Waals surface area contributed by atoms with Gasteiger partial charge < -0.3 is 10.1 Å². The molecule has 2 rings (SSSR count). The van der Waals surface area contributed by atoms with Crippen LogP contribution in [-0.4, -0.2) is 13.0 Å². The lowest BCUT2D eigenvalue weighted by atomic mass is 9.87. The molecule has 1 saturated carbocycles. The maximum Gasteiger partial charge on any atom is 0.244 e. The van der Waals surface area contributed by atoms with Gasteiger partial charge in [-0.1, -0.05) is 24.4 Å². The second kappa shape index (κ2) is 5.50. The van der Waals surface area contributed by atoms with Gasteiger partial charge in [0.2, 0.25) is 5.91 Å². The Hall–Kier alpha value is -1.73. The van der Waals surface area contributed by atoms with Crippen LogP contribution in [0.3, 0.4) is 0 Å². The van der Waals surface area contributed by atoms with Crippen LogP contribution in [0.2, 0.25) is 5.02 Å². The van der Waals surface area contributed by atoms with E-state index < -0.39 is 5.41 Å². The molecule has 0 atom stereocenters. The molecule has 0 saturated heterocycles. The van der Waals surface area contributed by atoms with E-state index in [1.807, 2.05) is 0 Å². The van der Waals surface area contributed by atoms with Crippen molar-refractivity contribution in [3.63, 3.8) is 0 Å². The van der Waals surface area contributed by atoms with Gasteiger partial charge in [0, 0.05) is 6.07 Å². The molecule has 0 aliphatic heterocycles. The number of hydrogen-bond acceptors (Lipinski definition) is 3. The van der Waals surface area contributed by atoms with E-state index in [9.17, 15) is 10.1 Å². The van der Waals surface area contributed by atoms with Crippen molar-refractivity contribution in [3.05, 3.63) is 23.2 Å². The number of nitrogens with one attached hydrogen (secondary N) is 1. The normalized spacial score (nSPS) is 16.7. The van der Waals surface area contributed by atoms with Crippen LogP contribution in [0.1, 0.15) is 25.7 Å². The highest BCUT2D eigenvalue weighted by molar-refractivity contribution is 6.33. The maximum absolute atomic E-state index is 12.3. The van der Waals surface area contributed by atoms with Gasteiger partial charge in [-0.3, -0.25) is 4.79 Å². The average Bonchev–Trinajstić information content (AvgIpc) is 2.91. The molecule has 100 valence electrons. The van der Waals surface area contributed by atoms with Gasteiger partial charge in [0.15, 0.2) is 0 Å². The Balaban J connectivity index is 2.17. The van der Waals surface area contributed by atoms with Crippen LogP contribution in [0.4, 0.5) is 5.69 Å². The van der Waals surface area contributed by atoms with E-state index in [-0.39, 0.29) is 5.91 Å². The van der Waals surface area contributed by atoms with Gasteiger partial charge in [0.05, 0.1) is 23.9 Å². The molecular formula is C14H15ClN2O2. The first kappa shape index (κ1) is 13.7. The molecule has 4 nitrogen and oxygen atoms in total. The van der Waals surface area contributed by atoms with Crippen molar-refractivity contribution in [3.8, 4) is 11.8 Å². The molecule has 1 N–H and O–H groups in total. The summed E-state index contributed by atoms with van der Waals surface area (Å²) in [5.41, 5.74) is -0.391. The van der Waals surface area contributed by atoms with Crippen LogP contribution in [-0.2, 0) is 4.79 Å². The first-order valence-electron chi connectivity index (χ1n) is 6.17. The fourth-order valence-corrected chi connectivity index (χ4v) is 2.55. The van der Waals surface area contributed by atoms with Crippen molar-refractivity contribution < 1.29 is 9.53 Å². The molecule has 0 heterocycles. The van der Waals surface area contributed by atoms with Gasteiger partial charge in [-0.2, -0.15) is 5.26 Å². The van der Waals surface area contributed by atoms with Gasteiger partial charge in [-0.15, -0.1) is 0 Å². The molecule has 0 spiro atoms. The Labute approximate surface area is 117 Å². The van der Waals surface area contributed by atoms with Crippen LogP contribution in [0.25, 0.3) is 0 Å². The van der Waals surface area contributed by atoms with Crippen LogP contribution in [0.5, 0.6) is 5.75 Å². The summed E-state index contributed by atoms with van der Waals surface area (Å²) in [5.74, 6) is 0.360. The molecule has 0 unspecified atom stereocenters. The Morgan fingerprint density at radius 1 is 1.47 bits per heavy atom. The molecule has 1 amide bonds. The number of anilines is 1. The number of carbonyl (C=O) groups is 1. The lowest BCUT2D eigenvalue weighted by molar-refractivity contribution is -0.122. The highest BCUT2D eigenvalue weighted by Gasteiger charge is 2.41. The first-order chi connectivity index (χ1) is 9.11. The number of rotatable bonds is 3. The quantitative estimate of drug-likeness (QED) is 0.922. The largest absolute Gasteiger partial charge is 0.497 e. The molecule has 19 heavy (non-hydrogen) atoms. The molecule has 1 fully saturated rings. The third kappa shape index (κ3) is 2.66. The lowest BCUT2D eigenvalue weighted by Crippen LogP contribution is -2.32. The molecule has 1 aromatic carbocycles. The lowest BCUT2D eigenvalue weighted by Gasteiger charge is -2.19.